The minimum absolute atomic E-state index is 0.0353. The number of thiocarbonyl (C=S) groups is 1. The van der Waals surface area contributed by atoms with Gasteiger partial charge in [-0.15, -0.1) is 0 Å². The number of hydrogen-bond donors (Lipinski definition) is 2. The molecule has 1 heterocycles. The molecule has 1 aromatic rings. The van der Waals surface area contributed by atoms with Gasteiger partial charge in [0.2, 0.25) is 0 Å². The third kappa shape index (κ3) is 2.96. The van der Waals surface area contributed by atoms with Crippen molar-refractivity contribution in [3.63, 3.8) is 0 Å². The van der Waals surface area contributed by atoms with Crippen LogP contribution in [0.3, 0.4) is 0 Å². The van der Waals surface area contributed by atoms with Crippen molar-refractivity contribution < 1.29 is 4.79 Å². The van der Waals surface area contributed by atoms with Gasteiger partial charge < -0.3 is 15.5 Å². The summed E-state index contributed by atoms with van der Waals surface area (Å²) < 4.78 is 0. The quantitative estimate of drug-likeness (QED) is 0.834. The van der Waals surface area contributed by atoms with Crippen LogP contribution in [0.2, 0.25) is 5.02 Å². The van der Waals surface area contributed by atoms with E-state index in [1.54, 1.807) is 0 Å². The lowest BCUT2D eigenvalue weighted by atomic mass is 9.94. The zero-order valence-corrected chi connectivity index (χ0v) is 14.1. The maximum atomic E-state index is 12.7. The van der Waals surface area contributed by atoms with Crippen LogP contribution in [0.25, 0.3) is 0 Å². The van der Waals surface area contributed by atoms with Crippen LogP contribution in [0.15, 0.2) is 35.5 Å². The number of nitrogens with one attached hydrogen (secondary N) is 2. The van der Waals surface area contributed by atoms with Gasteiger partial charge >= 0.3 is 0 Å². The van der Waals surface area contributed by atoms with Gasteiger partial charge in [-0.25, -0.2) is 0 Å². The molecule has 0 radical (unpaired) electrons. The number of amides is 1. The highest BCUT2D eigenvalue weighted by atomic mass is 35.5. The van der Waals surface area contributed by atoms with E-state index < -0.39 is 0 Å². The molecule has 1 saturated carbocycles. The molecule has 1 aliphatic carbocycles. The Balaban J connectivity index is 2.01. The van der Waals surface area contributed by atoms with Crippen molar-refractivity contribution in [1.29, 1.82) is 0 Å². The molecule has 0 aromatic heterocycles. The van der Waals surface area contributed by atoms with E-state index >= 15 is 0 Å². The van der Waals surface area contributed by atoms with Gasteiger partial charge in [0.25, 0.3) is 5.91 Å². The fraction of sp³-hybridized carbons (Fsp3) is 0.375. The van der Waals surface area contributed by atoms with E-state index in [1.807, 2.05) is 43.1 Å². The molecule has 4 nitrogen and oxygen atoms in total. The smallest absolute Gasteiger partial charge is 0.251 e. The summed E-state index contributed by atoms with van der Waals surface area (Å²) in [7, 11) is 1.86. The van der Waals surface area contributed by atoms with Gasteiger partial charge in [0.1, 0.15) is 0 Å². The van der Waals surface area contributed by atoms with Gasteiger partial charge in [-0.1, -0.05) is 23.7 Å². The van der Waals surface area contributed by atoms with Crippen molar-refractivity contribution in [2.45, 2.75) is 31.8 Å². The normalized spacial score (nSPS) is 21.7. The number of benzene rings is 1. The molecule has 0 unspecified atom stereocenters. The summed E-state index contributed by atoms with van der Waals surface area (Å²) in [6, 6.07) is 7.55. The summed E-state index contributed by atoms with van der Waals surface area (Å²) >= 11 is 11.5. The van der Waals surface area contributed by atoms with Gasteiger partial charge in [0.15, 0.2) is 5.11 Å². The number of nitrogens with zero attached hydrogens (tertiary/aromatic N) is 1. The first-order valence-corrected chi connectivity index (χ1v) is 8.07. The van der Waals surface area contributed by atoms with Crippen LogP contribution in [0.5, 0.6) is 0 Å². The topological polar surface area (TPSA) is 44.4 Å². The van der Waals surface area contributed by atoms with E-state index in [2.05, 4.69) is 10.6 Å². The third-order valence-electron chi connectivity index (χ3n) is 4.09. The molecule has 116 valence electrons. The number of hydrogen-bond acceptors (Lipinski definition) is 2. The van der Waals surface area contributed by atoms with Crippen LogP contribution in [-0.2, 0) is 4.79 Å². The fourth-order valence-electron chi connectivity index (χ4n) is 2.56. The molecule has 6 heteroatoms. The molecule has 1 amide bonds. The first-order chi connectivity index (χ1) is 10.5. The molecule has 2 N–H and O–H groups in total. The molecular weight excluding hydrogens is 318 g/mol. The number of halogens is 1. The van der Waals surface area contributed by atoms with Gasteiger partial charge in [0, 0.05) is 23.8 Å². The molecule has 1 aliphatic heterocycles. The van der Waals surface area contributed by atoms with Crippen LogP contribution >= 0.6 is 23.8 Å². The zero-order chi connectivity index (χ0) is 15.9. The maximum Gasteiger partial charge on any atom is 0.251 e. The first-order valence-electron chi connectivity index (χ1n) is 7.28. The predicted molar refractivity (Wildman–Crippen MR) is 91.6 cm³/mol. The predicted octanol–water partition coefficient (Wildman–Crippen LogP) is 2.75. The van der Waals surface area contributed by atoms with E-state index in [0.717, 1.165) is 24.1 Å². The molecular formula is C16H18ClN3OS. The molecule has 1 atom stereocenters. The Kier molecular flexibility index (Phi) is 4.10. The Hall–Kier alpha value is -1.59. The van der Waals surface area contributed by atoms with Crippen molar-refractivity contribution in [3.05, 3.63) is 46.1 Å². The Bertz CT molecular complexity index is 669. The van der Waals surface area contributed by atoms with Gasteiger partial charge in [-0.05, 0) is 49.7 Å². The number of rotatable bonds is 3. The van der Waals surface area contributed by atoms with E-state index in [1.165, 1.54) is 0 Å². The standard InChI is InChI=1S/C16H18ClN3OS/c1-9-13(15(21)18-12-6-7-12)14(19-16(22)20(9)2)10-4-3-5-11(17)8-10/h3-5,8,12,14H,6-7H2,1-2H3,(H,18,21)(H,19,22)/t14-/m0/s1. The summed E-state index contributed by atoms with van der Waals surface area (Å²) in [5.74, 6) is -0.0353. The molecule has 1 aromatic carbocycles. The van der Waals surface area contributed by atoms with E-state index in [4.69, 9.17) is 23.8 Å². The summed E-state index contributed by atoms with van der Waals surface area (Å²) in [4.78, 5) is 14.5. The second kappa shape index (κ2) is 5.89. The second-order valence-electron chi connectivity index (χ2n) is 5.74. The highest BCUT2D eigenvalue weighted by Crippen LogP contribution is 2.32. The van der Waals surface area contributed by atoms with Crippen LogP contribution < -0.4 is 10.6 Å². The zero-order valence-electron chi connectivity index (χ0n) is 12.5. The van der Waals surface area contributed by atoms with Gasteiger partial charge in [-0.2, -0.15) is 0 Å². The lowest BCUT2D eigenvalue weighted by molar-refractivity contribution is -0.118. The number of carbonyl (C=O) groups excluding carboxylic acids is 1. The summed E-state index contributed by atoms with van der Waals surface area (Å²) in [6.45, 7) is 1.92. The van der Waals surface area contributed by atoms with Crippen LogP contribution in [0, 0.1) is 0 Å². The van der Waals surface area contributed by atoms with Crippen molar-refractivity contribution in [2.24, 2.45) is 0 Å². The highest BCUT2D eigenvalue weighted by Gasteiger charge is 2.34. The van der Waals surface area contributed by atoms with Crippen LogP contribution in [0.4, 0.5) is 0 Å². The largest absolute Gasteiger partial charge is 0.351 e. The first kappa shape index (κ1) is 15.3. The van der Waals surface area contributed by atoms with E-state index in [9.17, 15) is 4.79 Å². The molecule has 0 spiro atoms. The molecule has 2 aliphatic rings. The summed E-state index contributed by atoms with van der Waals surface area (Å²) in [5, 5.41) is 7.55. The van der Waals surface area contributed by atoms with E-state index in [-0.39, 0.29) is 11.9 Å². The van der Waals surface area contributed by atoms with Crippen molar-refractivity contribution >= 4 is 34.8 Å². The average molecular weight is 336 g/mol. The Morgan fingerprint density at radius 2 is 2.18 bits per heavy atom. The molecule has 1 fully saturated rings. The lowest BCUT2D eigenvalue weighted by Gasteiger charge is -2.35. The average Bonchev–Trinajstić information content (AvgIpc) is 3.28. The molecule has 22 heavy (non-hydrogen) atoms. The number of allylic oxidation sites excluding steroid dienone is 1. The molecule has 0 bridgehead atoms. The van der Waals surface area contributed by atoms with Crippen molar-refractivity contribution in [1.82, 2.24) is 15.5 Å². The SMILES string of the molecule is CC1=C(C(=O)NC2CC2)[C@H](c2cccc(Cl)c2)NC(=S)N1C. The molecule has 0 saturated heterocycles. The fourth-order valence-corrected chi connectivity index (χ4v) is 3.01. The van der Waals surface area contributed by atoms with E-state index in [0.29, 0.717) is 21.8 Å². The summed E-state index contributed by atoms with van der Waals surface area (Å²) in [5.41, 5.74) is 2.50. The second-order valence-corrected chi connectivity index (χ2v) is 6.57. The minimum atomic E-state index is -0.277. The Morgan fingerprint density at radius 3 is 2.82 bits per heavy atom. The highest BCUT2D eigenvalue weighted by molar-refractivity contribution is 7.80. The molecule has 3 rings (SSSR count). The summed E-state index contributed by atoms with van der Waals surface area (Å²) in [6.07, 6.45) is 2.11. The van der Waals surface area contributed by atoms with Crippen molar-refractivity contribution in [2.75, 3.05) is 7.05 Å². The Labute approximate surface area is 140 Å². The van der Waals surface area contributed by atoms with Gasteiger partial charge in [-0.3, -0.25) is 4.79 Å². The third-order valence-corrected chi connectivity index (χ3v) is 4.72. The van der Waals surface area contributed by atoms with Gasteiger partial charge in [0.05, 0.1) is 11.6 Å². The van der Waals surface area contributed by atoms with Crippen molar-refractivity contribution in [3.8, 4) is 0 Å². The number of carbonyl (C=O) groups is 1. The van der Waals surface area contributed by atoms with Crippen LogP contribution in [0.1, 0.15) is 31.4 Å². The minimum Gasteiger partial charge on any atom is -0.351 e. The van der Waals surface area contributed by atoms with Crippen LogP contribution in [-0.4, -0.2) is 29.0 Å². The Morgan fingerprint density at radius 1 is 1.45 bits per heavy atom. The lowest BCUT2D eigenvalue weighted by Crippen LogP contribution is -2.47. The monoisotopic (exact) mass is 335 g/mol. The maximum absolute atomic E-state index is 12.7.